The Morgan fingerprint density at radius 1 is 1.09 bits per heavy atom. The van der Waals surface area contributed by atoms with Crippen LogP contribution < -0.4 is 11.2 Å². The summed E-state index contributed by atoms with van der Waals surface area (Å²) in [5, 5.41) is 29.4. The summed E-state index contributed by atoms with van der Waals surface area (Å²) in [4.78, 5) is 44.8. The monoisotopic (exact) mass is 508 g/mol. The van der Waals surface area contributed by atoms with Gasteiger partial charge in [-0.15, -0.1) is 0 Å². The number of rotatable bonds is 9. The van der Waals surface area contributed by atoms with E-state index in [9.17, 15) is 38.7 Å². The van der Waals surface area contributed by atoms with Crippen molar-refractivity contribution < 1.29 is 47.8 Å². The van der Waals surface area contributed by atoms with Gasteiger partial charge in [-0.1, -0.05) is 24.3 Å². The number of aromatic amines is 1. The molecule has 14 nitrogen and oxygen atoms in total. The van der Waals surface area contributed by atoms with Crippen LogP contribution in [0.2, 0.25) is 0 Å². The van der Waals surface area contributed by atoms with Crippen LogP contribution in [0, 0.1) is 0 Å². The molecule has 2 unspecified atom stereocenters. The minimum Gasteiger partial charge on any atom is -0.392 e. The summed E-state index contributed by atoms with van der Waals surface area (Å²) in [5.74, 6) is 0. The molecule has 0 radical (unpaired) electrons. The van der Waals surface area contributed by atoms with Crippen LogP contribution in [-0.4, -0.2) is 59.6 Å². The van der Waals surface area contributed by atoms with Crippen molar-refractivity contribution in [3.63, 3.8) is 0 Å². The second-order valence-electron chi connectivity index (χ2n) is 7.18. The van der Waals surface area contributed by atoms with E-state index in [4.69, 9.17) is 9.84 Å². The smallest absolute Gasteiger partial charge is 0.392 e. The minimum atomic E-state index is -5.13. The Kier molecular flexibility index (Phi) is 7.87. The van der Waals surface area contributed by atoms with Gasteiger partial charge in [-0.05, 0) is 11.1 Å². The lowest BCUT2D eigenvalue weighted by Gasteiger charge is -2.19. The van der Waals surface area contributed by atoms with E-state index >= 15 is 0 Å². The standard InChI is InChI=1S/C17H22N2O12P2/c20-7-10-2-1-3-11(6-10)9-32(25,26)31-33(27,28)29-8-12-14(22)15(23)16(30-12)19-5-4-13(21)18-17(19)24/h1-6,12,14-16,20,22-23H,7-9H2,(H,25,26)(H,27,28)(H,18,21,24)/t12-,14-,15-,16-/m1/s1. The second-order valence-corrected chi connectivity index (χ2v) is 10.6. The number of nitrogens with zero attached hydrogens (tertiary/aromatic N) is 1. The van der Waals surface area contributed by atoms with Crippen LogP contribution in [0.4, 0.5) is 0 Å². The van der Waals surface area contributed by atoms with Crippen molar-refractivity contribution in [2.24, 2.45) is 0 Å². The zero-order valence-corrected chi connectivity index (χ0v) is 18.6. The van der Waals surface area contributed by atoms with Crippen molar-refractivity contribution in [1.82, 2.24) is 9.55 Å². The molecule has 0 aliphatic carbocycles. The molecule has 3 rings (SSSR count). The molecular weight excluding hydrogens is 486 g/mol. The third kappa shape index (κ3) is 6.55. The molecule has 1 aromatic heterocycles. The normalized spacial score (nSPS) is 26.6. The fourth-order valence-corrected chi connectivity index (χ4v) is 5.87. The number of phosphoric ester groups is 1. The first kappa shape index (κ1) is 25.7. The molecule has 0 saturated carbocycles. The number of hydrogen-bond acceptors (Lipinski definition) is 10. The predicted octanol–water partition coefficient (Wildman–Crippen LogP) is -0.833. The highest BCUT2D eigenvalue weighted by Crippen LogP contribution is 2.61. The summed E-state index contributed by atoms with van der Waals surface area (Å²) < 4.78 is 39.6. The van der Waals surface area contributed by atoms with E-state index < -0.39 is 64.0 Å². The largest absolute Gasteiger partial charge is 0.479 e. The van der Waals surface area contributed by atoms with Gasteiger partial charge >= 0.3 is 21.1 Å². The molecule has 1 aliphatic heterocycles. The third-order valence-corrected chi connectivity index (χ3v) is 7.74. The lowest BCUT2D eigenvalue weighted by Crippen LogP contribution is -2.37. The Labute approximate surface area is 185 Å². The molecule has 1 saturated heterocycles. The fourth-order valence-electron chi connectivity index (χ4n) is 3.16. The van der Waals surface area contributed by atoms with Crippen molar-refractivity contribution in [2.75, 3.05) is 6.61 Å². The quantitative estimate of drug-likeness (QED) is 0.229. The molecule has 6 N–H and O–H groups in total. The van der Waals surface area contributed by atoms with Crippen molar-refractivity contribution in [3.8, 4) is 0 Å². The first-order chi connectivity index (χ1) is 15.4. The van der Waals surface area contributed by atoms with Gasteiger partial charge in [0.1, 0.15) is 18.3 Å². The van der Waals surface area contributed by atoms with E-state index in [1.54, 1.807) is 6.07 Å². The zero-order valence-electron chi connectivity index (χ0n) is 16.8. The van der Waals surface area contributed by atoms with E-state index in [0.717, 1.165) is 16.8 Å². The molecule has 0 amide bonds. The van der Waals surface area contributed by atoms with Crippen LogP contribution in [0.25, 0.3) is 0 Å². The summed E-state index contributed by atoms with van der Waals surface area (Å²) in [6.45, 7) is -1.16. The molecule has 16 heteroatoms. The molecule has 1 fully saturated rings. The van der Waals surface area contributed by atoms with Crippen LogP contribution in [0.15, 0.2) is 46.1 Å². The van der Waals surface area contributed by atoms with Crippen LogP contribution in [0.5, 0.6) is 0 Å². The third-order valence-electron chi connectivity index (χ3n) is 4.65. The molecule has 2 aromatic rings. The minimum absolute atomic E-state index is 0.263. The highest BCUT2D eigenvalue weighted by Gasteiger charge is 2.45. The lowest BCUT2D eigenvalue weighted by atomic mass is 10.1. The average molecular weight is 508 g/mol. The number of ether oxygens (including phenoxy) is 1. The molecule has 182 valence electrons. The number of aliphatic hydroxyl groups excluding tert-OH is 3. The van der Waals surface area contributed by atoms with E-state index in [1.165, 1.54) is 18.2 Å². The lowest BCUT2D eigenvalue weighted by molar-refractivity contribution is -0.0541. The maximum Gasteiger partial charge on any atom is 0.479 e. The summed E-state index contributed by atoms with van der Waals surface area (Å²) in [6, 6.07) is 6.95. The summed E-state index contributed by atoms with van der Waals surface area (Å²) in [5.41, 5.74) is -0.903. The number of H-pyrrole nitrogens is 1. The van der Waals surface area contributed by atoms with Gasteiger partial charge in [0, 0.05) is 12.3 Å². The van der Waals surface area contributed by atoms with Gasteiger partial charge in [-0.2, -0.15) is 0 Å². The van der Waals surface area contributed by atoms with Crippen LogP contribution in [0.1, 0.15) is 17.4 Å². The topological polar surface area (TPSA) is 218 Å². The van der Waals surface area contributed by atoms with Gasteiger partial charge < -0.3 is 29.8 Å². The van der Waals surface area contributed by atoms with E-state index in [-0.39, 0.29) is 12.2 Å². The highest BCUT2D eigenvalue weighted by molar-refractivity contribution is 7.63. The van der Waals surface area contributed by atoms with Gasteiger partial charge in [0.25, 0.3) is 5.56 Å². The van der Waals surface area contributed by atoms with Gasteiger partial charge in [0.15, 0.2) is 6.23 Å². The van der Waals surface area contributed by atoms with Crippen molar-refractivity contribution in [2.45, 2.75) is 37.3 Å². The molecule has 2 heterocycles. The summed E-state index contributed by atoms with van der Waals surface area (Å²) in [7, 11) is -9.81. The molecule has 6 atom stereocenters. The molecular formula is C17H22N2O12P2. The van der Waals surface area contributed by atoms with Crippen molar-refractivity contribution in [3.05, 3.63) is 68.5 Å². The van der Waals surface area contributed by atoms with Crippen molar-refractivity contribution in [1.29, 1.82) is 0 Å². The Bertz CT molecular complexity index is 1200. The maximum absolute atomic E-state index is 12.3. The fraction of sp³-hybridized carbons (Fsp3) is 0.412. The van der Waals surface area contributed by atoms with E-state index in [1.807, 2.05) is 4.98 Å². The second kappa shape index (κ2) is 10.1. The number of aliphatic hydroxyl groups is 3. The Hall–Kier alpha value is -1.96. The summed E-state index contributed by atoms with van der Waals surface area (Å²) in [6.07, 6.45) is -5.82. The van der Waals surface area contributed by atoms with Gasteiger partial charge in [0.05, 0.1) is 19.4 Å². The number of nitrogens with one attached hydrogen (secondary N) is 1. The van der Waals surface area contributed by atoms with E-state index in [2.05, 4.69) is 8.83 Å². The number of benzene rings is 1. The van der Waals surface area contributed by atoms with Crippen LogP contribution >= 0.6 is 15.4 Å². The van der Waals surface area contributed by atoms with Gasteiger partial charge in [0.2, 0.25) is 0 Å². The van der Waals surface area contributed by atoms with Gasteiger partial charge in [-0.3, -0.25) is 23.4 Å². The number of phosphoric acid groups is 1. The Balaban J connectivity index is 1.63. The number of aromatic nitrogens is 2. The van der Waals surface area contributed by atoms with Gasteiger partial charge in [-0.25, -0.2) is 13.7 Å². The van der Waals surface area contributed by atoms with E-state index in [0.29, 0.717) is 5.56 Å². The van der Waals surface area contributed by atoms with Crippen LogP contribution in [0.3, 0.4) is 0 Å². The molecule has 1 aromatic carbocycles. The molecule has 1 aliphatic rings. The first-order valence-electron chi connectivity index (χ1n) is 9.43. The molecule has 0 bridgehead atoms. The molecule has 0 spiro atoms. The average Bonchev–Trinajstić information content (AvgIpc) is 3.00. The molecule has 33 heavy (non-hydrogen) atoms. The highest BCUT2D eigenvalue weighted by atomic mass is 31.3. The van der Waals surface area contributed by atoms with Crippen molar-refractivity contribution >= 4 is 15.4 Å². The zero-order chi connectivity index (χ0) is 24.4. The maximum atomic E-state index is 12.3. The SMILES string of the molecule is O=c1ccn([C@@H]2O[C@H](COP(=O)(O)OP(=O)(O)Cc3cccc(CO)c3)[C@@H](O)[C@H]2O)c(=O)[nH]1. The number of hydrogen-bond donors (Lipinski definition) is 6. The predicted molar refractivity (Wildman–Crippen MR) is 110 cm³/mol. The summed E-state index contributed by atoms with van der Waals surface area (Å²) >= 11 is 0. The Morgan fingerprint density at radius 3 is 2.45 bits per heavy atom. The Morgan fingerprint density at radius 2 is 1.79 bits per heavy atom. The van der Waals surface area contributed by atoms with Crippen LogP contribution in [-0.2, 0) is 35.5 Å². The first-order valence-corrected chi connectivity index (χ1v) is 12.7.